The Balaban J connectivity index is 3.90. The Labute approximate surface area is 110 Å². The Hall–Kier alpha value is -0.380. The van der Waals surface area contributed by atoms with Crippen molar-refractivity contribution in [2.24, 2.45) is 0 Å². The van der Waals surface area contributed by atoms with Gasteiger partial charge < -0.3 is 13.8 Å². The lowest BCUT2D eigenvalue weighted by Gasteiger charge is -2.16. The Morgan fingerprint density at radius 2 is 1.78 bits per heavy atom. The summed E-state index contributed by atoms with van der Waals surface area (Å²) >= 11 is 0. The summed E-state index contributed by atoms with van der Waals surface area (Å²) in [6.45, 7) is 3.99. The highest BCUT2D eigenvalue weighted by molar-refractivity contribution is 7.54. The Kier molecular flexibility index (Phi) is 9.34. The number of esters is 1. The van der Waals surface area contributed by atoms with Gasteiger partial charge in [0.05, 0.1) is 6.10 Å². The van der Waals surface area contributed by atoms with E-state index in [9.17, 15) is 9.36 Å². The molecule has 0 aliphatic heterocycles. The zero-order chi connectivity index (χ0) is 14.0. The molecule has 0 aromatic heterocycles. The van der Waals surface area contributed by atoms with Gasteiger partial charge in [-0.3, -0.25) is 9.36 Å². The minimum Gasteiger partial charge on any atom is -0.462 e. The summed E-state index contributed by atoms with van der Waals surface area (Å²) in [6.07, 6.45) is 4.90. The molecule has 0 amide bonds. The van der Waals surface area contributed by atoms with Gasteiger partial charge in [-0.25, -0.2) is 0 Å². The summed E-state index contributed by atoms with van der Waals surface area (Å²) in [5, 5.41) is 0. The van der Waals surface area contributed by atoms with E-state index in [-0.39, 0.29) is 12.3 Å². The van der Waals surface area contributed by atoms with Crippen LogP contribution in [0.4, 0.5) is 0 Å². The minimum absolute atomic E-state index is 0.156. The maximum atomic E-state index is 11.7. The molecule has 0 rings (SSSR count). The summed E-state index contributed by atoms with van der Waals surface area (Å²) in [5.41, 5.74) is 0. The number of carbonyl (C=O) groups is 1. The van der Waals surface area contributed by atoms with Crippen LogP contribution in [0.5, 0.6) is 0 Å². The molecule has 0 saturated carbocycles. The average molecular weight is 280 g/mol. The number of carbonyl (C=O) groups excluding carboxylic acids is 1. The van der Waals surface area contributed by atoms with Gasteiger partial charge in [-0.1, -0.05) is 26.2 Å². The molecule has 1 unspecified atom stereocenters. The minimum atomic E-state index is -3.30. The van der Waals surface area contributed by atoms with Gasteiger partial charge in [-0.2, -0.15) is 0 Å². The SMILES string of the molecule is CCCCCCC(C)OC(=O)CP(=O)(OC)OC. The van der Waals surface area contributed by atoms with Crippen molar-refractivity contribution in [2.45, 2.75) is 52.1 Å². The standard InChI is InChI=1S/C12H25O5P/c1-5-6-7-8-9-11(2)17-12(13)10-18(14,15-3)16-4/h11H,5-10H2,1-4H3. The molecule has 0 spiro atoms. The number of unbranched alkanes of at least 4 members (excludes halogenated alkanes) is 3. The normalized spacial score (nSPS) is 13.3. The van der Waals surface area contributed by atoms with Crippen LogP contribution in [0.2, 0.25) is 0 Å². The molecular formula is C12H25O5P. The Bertz CT molecular complexity index is 272. The molecule has 108 valence electrons. The van der Waals surface area contributed by atoms with Crippen molar-refractivity contribution < 1.29 is 23.1 Å². The molecule has 0 heterocycles. The van der Waals surface area contributed by atoms with Gasteiger partial charge in [0.25, 0.3) is 0 Å². The van der Waals surface area contributed by atoms with E-state index in [1.807, 2.05) is 6.92 Å². The van der Waals surface area contributed by atoms with E-state index in [0.29, 0.717) is 0 Å². The third kappa shape index (κ3) is 7.85. The highest BCUT2D eigenvalue weighted by Gasteiger charge is 2.27. The van der Waals surface area contributed by atoms with E-state index in [0.717, 1.165) is 19.3 Å². The van der Waals surface area contributed by atoms with E-state index in [4.69, 9.17) is 4.74 Å². The van der Waals surface area contributed by atoms with Crippen LogP contribution in [0, 0.1) is 0 Å². The molecular weight excluding hydrogens is 255 g/mol. The molecule has 0 aliphatic carbocycles. The molecule has 1 atom stereocenters. The summed E-state index contributed by atoms with van der Waals surface area (Å²) in [5.74, 6) is -0.537. The third-order valence-electron chi connectivity index (χ3n) is 2.68. The largest absolute Gasteiger partial charge is 0.462 e. The molecule has 18 heavy (non-hydrogen) atoms. The predicted molar refractivity (Wildman–Crippen MR) is 70.8 cm³/mol. The van der Waals surface area contributed by atoms with Gasteiger partial charge in [-0.05, 0) is 19.8 Å². The fourth-order valence-electron chi connectivity index (χ4n) is 1.54. The van der Waals surface area contributed by atoms with E-state index in [1.165, 1.54) is 27.1 Å². The van der Waals surface area contributed by atoms with Gasteiger partial charge in [0.2, 0.25) is 0 Å². The van der Waals surface area contributed by atoms with Crippen LogP contribution in [0.25, 0.3) is 0 Å². The van der Waals surface area contributed by atoms with Crippen molar-refractivity contribution >= 4 is 13.6 Å². The molecule has 5 nitrogen and oxygen atoms in total. The van der Waals surface area contributed by atoms with E-state index in [2.05, 4.69) is 16.0 Å². The number of hydrogen-bond donors (Lipinski definition) is 0. The lowest BCUT2D eigenvalue weighted by molar-refractivity contribution is -0.145. The highest BCUT2D eigenvalue weighted by atomic mass is 31.2. The quantitative estimate of drug-likeness (QED) is 0.349. The maximum Gasteiger partial charge on any atom is 0.341 e. The van der Waals surface area contributed by atoms with Crippen molar-refractivity contribution in [3.63, 3.8) is 0 Å². The van der Waals surface area contributed by atoms with Gasteiger partial charge in [0, 0.05) is 14.2 Å². The molecule has 0 bridgehead atoms. The first kappa shape index (κ1) is 17.6. The molecule has 0 N–H and O–H groups in total. The summed E-state index contributed by atoms with van der Waals surface area (Å²) < 4.78 is 26.2. The van der Waals surface area contributed by atoms with E-state index < -0.39 is 13.6 Å². The van der Waals surface area contributed by atoms with Crippen molar-refractivity contribution in [2.75, 3.05) is 20.4 Å². The molecule has 0 saturated heterocycles. The predicted octanol–water partition coefficient (Wildman–Crippen LogP) is 3.37. The summed E-state index contributed by atoms with van der Waals surface area (Å²) in [7, 11) is -0.793. The molecule has 6 heteroatoms. The zero-order valence-electron chi connectivity index (χ0n) is 11.8. The average Bonchev–Trinajstić information content (AvgIpc) is 2.34. The van der Waals surface area contributed by atoms with Crippen LogP contribution >= 0.6 is 7.60 Å². The van der Waals surface area contributed by atoms with Crippen molar-refractivity contribution in [3.8, 4) is 0 Å². The maximum absolute atomic E-state index is 11.7. The molecule has 0 aromatic carbocycles. The second-order valence-corrected chi connectivity index (χ2v) is 6.55. The first-order valence-electron chi connectivity index (χ1n) is 6.37. The van der Waals surface area contributed by atoms with Crippen LogP contribution in [0.3, 0.4) is 0 Å². The topological polar surface area (TPSA) is 61.8 Å². The zero-order valence-corrected chi connectivity index (χ0v) is 12.7. The summed E-state index contributed by atoms with van der Waals surface area (Å²) in [4.78, 5) is 11.5. The van der Waals surface area contributed by atoms with Crippen molar-refractivity contribution in [1.29, 1.82) is 0 Å². The van der Waals surface area contributed by atoms with E-state index in [1.54, 1.807) is 0 Å². The first-order chi connectivity index (χ1) is 8.47. The Morgan fingerprint density at radius 3 is 2.28 bits per heavy atom. The lowest BCUT2D eigenvalue weighted by Crippen LogP contribution is -2.18. The van der Waals surface area contributed by atoms with Crippen LogP contribution in [0.1, 0.15) is 46.0 Å². The van der Waals surface area contributed by atoms with Gasteiger partial charge in [0.15, 0.2) is 0 Å². The molecule has 0 aliphatic rings. The van der Waals surface area contributed by atoms with Crippen LogP contribution < -0.4 is 0 Å². The number of rotatable bonds is 10. The highest BCUT2D eigenvalue weighted by Crippen LogP contribution is 2.46. The lowest BCUT2D eigenvalue weighted by atomic mass is 10.1. The first-order valence-corrected chi connectivity index (χ1v) is 8.10. The fourth-order valence-corrected chi connectivity index (χ4v) is 2.34. The van der Waals surface area contributed by atoms with Crippen LogP contribution in [0.15, 0.2) is 0 Å². The monoisotopic (exact) mass is 280 g/mol. The van der Waals surface area contributed by atoms with Gasteiger partial charge in [0.1, 0.15) is 6.16 Å². The van der Waals surface area contributed by atoms with Crippen LogP contribution in [-0.4, -0.2) is 32.5 Å². The third-order valence-corrected chi connectivity index (χ3v) is 4.43. The van der Waals surface area contributed by atoms with E-state index >= 15 is 0 Å². The summed E-state index contributed by atoms with van der Waals surface area (Å²) in [6, 6.07) is 0. The van der Waals surface area contributed by atoms with Crippen LogP contribution in [-0.2, 0) is 23.1 Å². The second-order valence-electron chi connectivity index (χ2n) is 4.28. The smallest absolute Gasteiger partial charge is 0.341 e. The molecule has 0 radical (unpaired) electrons. The molecule has 0 fully saturated rings. The van der Waals surface area contributed by atoms with Gasteiger partial charge >= 0.3 is 13.6 Å². The fraction of sp³-hybridized carbons (Fsp3) is 0.917. The number of hydrogen-bond acceptors (Lipinski definition) is 5. The van der Waals surface area contributed by atoms with Crippen molar-refractivity contribution in [1.82, 2.24) is 0 Å². The molecule has 0 aromatic rings. The number of ether oxygens (including phenoxy) is 1. The second kappa shape index (κ2) is 9.54. The van der Waals surface area contributed by atoms with Gasteiger partial charge in [-0.15, -0.1) is 0 Å². The Morgan fingerprint density at radius 1 is 1.17 bits per heavy atom. The van der Waals surface area contributed by atoms with Crippen molar-refractivity contribution in [3.05, 3.63) is 0 Å².